The first kappa shape index (κ1) is 11.6. The van der Waals surface area contributed by atoms with Crippen molar-refractivity contribution in [2.75, 3.05) is 7.11 Å². The van der Waals surface area contributed by atoms with E-state index < -0.39 is 0 Å². The van der Waals surface area contributed by atoms with E-state index in [1.165, 1.54) is 19.3 Å². The Morgan fingerprint density at radius 1 is 1.42 bits per heavy atom. The molecular formula is C10H20O2. The van der Waals surface area contributed by atoms with Gasteiger partial charge in [0.15, 0.2) is 0 Å². The minimum atomic E-state index is 0.147. The van der Waals surface area contributed by atoms with Gasteiger partial charge in [0, 0.05) is 13.5 Å². The SMILES string of the molecule is CCCCCC(CC(C)=O)OC. The standard InChI is InChI=1S/C10H20O2/c1-4-5-6-7-10(12-3)8-9(2)11/h10H,4-8H2,1-3H3. The van der Waals surface area contributed by atoms with E-state index in [0.29, 0.717) is 6.42 Å². The molecule has 0 fully saturated rings. The van der Waals surface area contributed by atoms with Gasteiger partial charge in [0.05, 0.1) is 6.10 Å². The predicted octanol–water partition coefficient (Wildman–Crippen LogP) is 2.56. The molecule has 0 aromatic carbocycles. The molecule has 2 heteroatoms. The van der Waals surface area contributed by atoms with E-state index in [1.54, 1.807) is 14.0 Å². The van der Waals surface area contributed by atoms with Crippen LogP contribution in [0.3, 0.4) is 0 Å². The van der Waals surface area contributed by atoms with Crippen LogP contribution in [0.15, 0.2) is 0 Å². The molecule has 0 aromatic heterocycles. The molecule has 2 nitrogen and oxygen atoms in total. The van der Waals surface area contributed by atoms with Crippen molar-refractivity contribution in [3.8, 4) is 0 Å². The molecule has 0 saturated carbocycles. The van der Waals surface area contributed by atoms with Crippen LogP contribution in [0.1, 0.15) is 46.0 Å². The van der Waals surface area contributed by atoms with Crippen molar-refractivity contribution < 1.29 is 9.53 Å². The Morgan fingerprint density at radius 3 is 2.50 bits per heavy atom. The second-order valence-electron chi connectivity index (χ2n) is 3.26. The molecular weight excluding hydrogens is 152 g/mol. The number of Topliss-reactive ketones (excluding diaryl/α,β-unsaturated/α-hetero) is 1. The van der Waals surface area contributed by atoms with Gasteiger partial charge >= 0.3 is 0 Å². The highest BCUT2D eigenvalue weighted by molar-refractivity contribution is 5.75. The monoisotopic (exact) mass is 172 g/mol. The third-order valence-corrected chi connectivity index (χ3v) is 1.98. The minimum Gasteiger partial charge on any atom is -0.381 e. The van der Waals surface area contributed by atoms with E-state index in [4.69, 9.17) is 4.74 Å². The van der Waals surface area contributed by atoms with Crippen LogP contribution < -0.4 is 0 Å². The van der Waals surface area contributed by atoms with Gasteiger partial charge in [0.25, 0.3) is 0 Å². The van der Waals surface area contributed by atoms with Crippen molar-refractivity contribution in [3.63, 3.8) is 0 Å². The molecule has 0 amide bonds. The summed E-state index contributed by atoms with van der Waals surface area (Å²) in [6.07, 6.45) is 5.36. The molecule has 1 atom stereocenters. The first-order chi connectivity index (χ1) is 5.70. The van der Waals surface area contributed by atoms with Gasteiger partial charge in [-0.25, -0.2) is 0 Å². The average molecular weight is 172 g/mol. The van der Waals surface area contributed by atoms with E-state index in [2.05, 4.69) is 6.92 Å². The number of methoxy groups -OCH3 is 1. The second kappa shape index (κ2) is 7.29. The maximum Gasteiger partial charge on any atom is 0.132 e. The Bertz CT molecular complexity index is 121. The zero-order chi connectivity index (χ0) is 9.40. The number of ketones is 1. The number of ether oxygens (including phenoxy) is 1. The van der Waals surface area contributed by atoms with Crippen LogP contribution in [0, 0.1) is 0 Å². The van der Waals surface area contributed by atoms with Crippen molar-refractivity contribution in [2.45, 2.75) is 52.1 Å². The third kappa shape index (κ3) is 6.35. The van der Waals surface area contributed by atoms with E-state index in [1.807, 2.05) is 0 Å². The number of hydrogen-bond acceptors (Lipinski definition) is 2. The van der Waals surface area contributed by atoms with Gasteiger partial charge in [0.1, 0.15) is 5.78 Å². The highest BCUT2D eigenvalue weighted by Crippen LogP contribution is 2.09. The lowest BCUT2D eigenvalue weighted by atomic mass is 10.1. The van der Waals surface area contributed by atoms with Gasteiger partial charge in [-0.15, -0.1) is 0 Å². The van der Waals surface area contributed by atoms with Crippen LogP contribution in [0.4, 0.5) is 0 Å². The quantitative estimate of drug-likeness (QED) is 0.552. The Labute approximate surface area is 75.3 Å². The molecule has 72 valence electrons. The first-order valence-electron chi connectivity index (χ1n) is 4.73. The van der Waals surface area contributed by atoms with E-state index in [9.17, 15) is 4.79 Å². The maximum absolute atomic E-state index is 10.8. The molecule has 0 heterocycles. The van der Waals surface area contributed by atoms with Crippen LogP contribution >= 0.6 is 0 Å². The summed E-state index contributed by atoms with van der Waals surface area (Å²) in [4.78, 5) is 10.8. The number of unbranched alkanes of at least 4 members (excludes halogenated alkanes) is 2. The Morgan fingerprint density at radius 2 is 2.08 bits per heavy atom. The highest BCUT2D eigenvalue weighted by atomic mass is 16.5. The fraction of sp³-hybridized carbons (Fsp3) is 0.900. The van der Waals surface area contributed by atoms with Crippen LogP contribution in [-0.2, 0) is 9.53 Å². The zero-order valence-corrected chi connectivity index (χ0v) is 8.43. The lowest BCUT2D eigenvalue weighted by Gasteiger charge is -2.12. The van der Waals surface area contributed by atoms with Crippen molar-refractivity contribution in [1.29, 1.82) is 0 Å². The molecule has 0 aliphatic heterocycles. The number of carbonyl (C=O) groups is 1. The van der Waals surface area contributed by atoms with Crippen molar-refractivity contribution >= 4 is 5.78 Å². The van der Waals surface area contributed by atoms with Gasteiger partial charge in [0.2, 0.25) is 0 Å². The van der Waals surface area contributed by atoms with Gasteiger partial charge in [-0.3, -0.25) is 4.79 Å². The summed E-state index contributed by atoms with van der Waals surface area (Å²) < 4.78 is 5.19. The highest BCUT2D eigenvalue weighted by Gasteiger charge is 2.08. The fourth-order valence-corrected chi connectivity index (χ4v) is 1.25. The summed E-state index contributed by atoms with van der Waals surface area (Å²) >= 11 is 0. The van der Waals surface area contributed by atoms with E-state index >= 15 is 0 Å². The van der Waals surface area contributed by atoms with Gasteiger partial charge in [-0.1, -0.05) is 26.2 Å². The largest absolute Gasteiger partial charge is 0.381 e. The topological polar surface area (TPSA) is 26.3 Å². The van der Waals surface area contributed by atoms with E-state index in [-0.39, 0.29) is 11.9 Å². The van der Waals surface area contributed by atoms with E-state index in [0.717, 1.165) is 6.42 Å². The van der Waals surface area contributed by atoms with Gasteiger partial charge < -0.3 is 4.74 Å². The van der Waals surface area contributed by atoms with Gasteiger partial charge in [-0.2, -0.15) is 0 Å². The summed E-state index contributed by atoms with van der Waals surface area (Å²) in [6.45, 7) is 3.79. The number of rotatable bonds is 7. The molecule has 0 spiro atoms. The first-order valence-corrected chi connectivity index (χ1v) is 4.73. The summed E-state index contributed by atoms with van der Waals surface area (Å²) in [5, 5.41) is 0. The van der Waals surface area contributed by atoms with Crippen molar-refractivity contribution in [1.82, 2.24) is 0 Å². The summed E-state index contributed by atoms with van der Waals surface area (Å²) in [5.74, 6) is 0.221. The summed E-state index contributed by atoms with van der Waals surface area (Å²) in [6, 6.07) is 0. The number of hydrogen-bond donors (Lipinski definition) is 0. The van der Waals surface area contributed by atoms with Crippen molar-refractivity contribution in [2.24, 2.45) is 0 Å². The molecule has 0 aliphatic carbocycles. The predicted molar refractivity (Wildman–Crippen MR) is 50.2 cm³/mol. The molecule has 12 heavy (non-hydrogen) atoms. The molecule has 0 aliphatic rings. The molecule has 0 aromatic rings. The molecule has 0 N–H and O–H groups in total. The lowest BCUT2D eigenvalue weighted by Crippen LogP contribution is -2.14. The Balaban J connectivity index is 3.46. The fourth-order valence-electron chi connectivity index (χ4n) is 1.25. The molecule has 0 radical (unpaired) electrons. The Kier molecular flexibility index (Phi) is 7.06. The maximum atomic E-state index is 10.8. The zero-order valence-electron chi connectivity index (χ0n) is 8.43. The second-order valence-corrected chi connectivity index (χ2v) is 3.26. The molecule has 0 bridgehead atoms. The van der Waals surface area contributed by atoms with Crippen LogP contribution in [0.5, 0.6) is 0 Å². The minimum absolute atomic E-state index is 0.147. The van der Waals surface area contributed by atoms with Crippen molar-refractivity contribution in [3.05, 3.63) is 0 Å². The van der Waals surface area contributed by atoms with Crippen LogP contribution in [0.2, 0.25) is 0 Å². The van der Waals surface area contributed by atoms with Gasteiger partial charge in [-0.05, 0) is 13.3 Å². The molecule has 1 unspecified atom stereocenters. The Hall–Kier alpha value is -0.370. The molecule has 0 rings (SSSR count). The average Bonchev–Trinajstić information content (AvgIpc) is 2.02. The number of carbonyl (C=O) groups excluding carboxylic acids is 1. The van der Waals surface area contributed by atoms with Crippen LogP contribution in [0.25, 0.3) is 0 Å². The third-order valence-electron chi connectivity index (χ3n) is 1.98. The summed E-state index contributed by atoms with van der Waals surface area (Å²) in [5.41, 5.74) is 0. The normalized spacial score (nSPS) is 12.9. The summed E-state index contributed by atoms with van der Waals surface area (Å²) in [7, 11) is 1.68. The smallest absolute Gasteiger partial charge is 0.132 e. The lowest BCUT2D eigenvalue weighted by molar-refractivity contribution is -0.119. The molecule has 0 saturated heterocycles. The van der Waals surface area contributed by atoms with Crippen LogP contribution in [-0.4, -0.2) is 19.0 Å².